The molecule has 2 aromatic rings. The van der Waals surface area contributed by atoms with Crippen molar-refractivity contribution in [3.8, 4) is 0 Å². The first-order chi connectivity index (χ1) is 21.3. The van der Waals surface area contributed by atoms with Crippen molar-refractivity contribution in [3.63, 3.8) is 0 Å². The van der Waals surface area contributed by atoms with Crippen LogP contribution in [0.4, 0.5) is 0 Å². The Kier molecular flexibility index (Phi) is 5.38. The summed E-state index contributed by atoms with van der Waals surface area (Å²) in [4.78, 5) is 37.0. The third-order valence-corrected chi connectivity index (χ3v) is 14.5. The Balaban J connectivity index is 1.62. The molecule has 45 heavy (non-hydrogen) atoms. The number of hydrogen-bond donors (Lipinski definition) is 3. The number of rotatable bonds is 8. The minimum absolute atomic E-state index is 0.0322. The number of Topliss-reactive ketones (excluding diaryl/α,β-unsaturated/α-hetero) is 1. The van der Waals surface area contributed by atoms with Gasteiger partial charge in [-0.25, -0.2) is 0 Å². The molecular weight excluding hydrogens is 616 g/mol. The van der Waals surface area contributed by atoms with Crippen LogP contribution < -0.4 is 10.7 Å². The Hall–Kier alpha value is -4.73. The molecular formula is C34H32FeN4O6+2. The molecule has 8 heterocycles. The number of ketones is 1. The summed E-state index contributed by atoms with van der Waals surface area (Å²) in [6.45, 7) is 13.5. The van der Waals surface area contributed by atoms with Gasteiger partial charge >= 0.3 is 262 Å². The van der Waals surface area contributed by atoms with Crippen LogP contribution in [0.1, 0.15) is 78.5 Å². The number of aliphatic hydroxyl groups excluding tert-OH is 1. The van der Waals surface area contributed by atoms with Crippen molar-refractivity contribution < 1.29 is 50.6 Å². The van der Waals surface area contributed by atoms with E-state index in [1.54, 1.807) is 6.92 Å². The molecule has 0 saturated carbocycles. The fourth-order valence-corrected chi connectivity index (χ4v) is 13.8. The fourth-order valence-electron chi connectivity index (χ4n) is 7.80. The number of aliphatic carboxylic acids is 2. The number of aromatic nitrogens is 2. The second-order valence-electron chi connectivity index (χ2n) is 12.2. The number of allylic oxidation sites excluding steroid dienone is 3. The van der Waals surface area contributed by atoms with Gasteiger partial charge in [-0.3, -0.25) is 0 Å². The zero-order chi connectivity index (χ0) is 32.0. The Morgan fingerprint density at radius 3 is 2.04 bits per heavy atom. The molecule has 0 aliphatic carbocycles. The number of carbonyl (C=O) groups excluding carboxylic acids is 1. The van der Waals surface area contributed by atoms with Gasteiger partial charge in [-0.1, -0.05) is 0 Å². The van der Waals surface area contributed by atoms with Crippen LogP contribution in [0.15, 0.2) is 46.0 Å². The summed E-state index contributed by atoms with van der Waals surface area (Å²) in [6, 6.07) is 0. The third-order valence-electron chi connectivity index (χ3n) is 9.73. The van der Waals surface area contributed by atoms with Crippen molar-refractivity contribution in [1.82, 2.24) is 7.17 Å². The normalized spacial score (nSPS) is 21.0. The monoisotopic (exact) mass is 648 g/mol. The van der Waals surface area contributed by atoms with E-state index in [9.17, 15) is 29.7 Å². The maximum absolute atomic E-state index is 13.4. The van der Waals surface area contributed by atoms with Crippen LogP contribution in [-0.4, -0.2) is 58.8 Å². The molecule has 10 nitrogen and oxygen atoms in total. The Labute approximate surface area is 261 Å². The van der Waals surface area contributed by atoms with Gasteiger partial charge in [0.05, 0.1) is 0 Å². The molecule has 6 aliphatic rings. The summed E-state index contributed by atoms with van der Waals surface area (Å²) in [5.41, 5.74) is 12.1. The fraction of sp³-hybridized carbons (Fsp3) is 0.265. The van der Waals surface area contributed by atoms with Crippen LogP contribution in [0.5, 0.6) is 0 Å². The number of aliphatic hydroxyl groups is 1. The van der Waals surface area contributed by atoms with E-state index in [1.807, 2.05) is 33.8 Å². The first kappa shape index (κ1) is 27.8. The average molecular weight is 648 g/mol. The number of carboxylic acids is 2. The molecule has 0 bridgehead atoms. The van der Waals surface area contributed by atoms with E-state index in [4.69, 9.17) is 0 Å². The van der Waals surface area contributed by atoms with Crippen molar-refractivity contribution in [1.29, 1.82) is 0 Å². The van der Waals surface area contributed by atoms with E-state index >= 15 is 0 Å². The molecule has 3 N–H and O–H groups in total. The summed E-state index contributed by atoms with van der Waals surface area (Å²) in [5.74, 6) is -1.86. The van der Waals surface area contributed by atoms with Crippen molar-refractivity contribution in [2.75, 3.05) is 0 Å². The Morgan fingerprint density at radius 1 is 0.778 bits per heavy atom. The van der Waals surface area contributed by atoms with Gasteiger partial charge in [-0.15, -0.1) is 0 Å². The molecule has 0 aromatic carbocycles. The van der Waals surface area contributed by atoms with Gasteiger partial charge in [-0.2, -0.15) is 0 Å². The molecule has 1 atom stereocenters. The van der Waals surface area contributed by atoms with E-state index in [1.165, 1.54) is 0 Å². The van der Waals surface area contributed by atoms with E-state index in [-0.39, 0.29) is 24.4 Å². The van der Waals surface area contributed by atoms with E-state index in [0.29, 0.717) is 24.0 Å². The van der Waals surface area contributed by atoms with E-state index in [0.717, 1.165) is 78.3 Å². The molecule has 0 unspecified atom stereocenters. The predicted octanol–water partition coefficient (Wildman–Crippen LogP) is 3.14. The Morgan fingerprint density at radius 2 is 1.40 bits per heavy atom. The van der Waals surface area contributed by atoms with Crippen LogP contribution in [0.2, 0.25) is 0 Å². The van der Waals surface area contributed by atoms with Crippen LogP contribution in [0.25, 0.3) is 24.3 Å². The molecule has 11 heteroatoms. The number of nitrogens with zero attached hydrogens (tertiary/aromatic N) is 4. The van der Waals surface area contributed by atoms with Crippen LogP contribution in [0.3, 0.4) is 0 Å². The van der Waals surface area contributed by atoms with Crippen molar-refractivity contribution in [2.24, 2.45) is 0 Å². The molecule has 6 aliphatic heterocycles. The van der Waals surface area contributed by atoms with E-state index in [2.05, 4.69) is 39.2 Å². The topological polar surface area (TPSA) is 128 Å². The van der Waals surface area contributed by atoms with Gasteiger partial charge < -0.3 is 0 Å². The first-order valence-electron chi connectivity index (χ1n) is 14.8. The summed E-state index contributed by atoms with van der Waals surface area (Å²) in [7, 11) is 0. The summed E-state index contributed by atoms with van der Waals surface area (Å²) >= 11 is -3.27. The second kappa shape index (κ2) is 8.71. The molecule has 1 spiro atoms. The maximum atomic E-state index is 13.4. The number of hydrogen-bond acceptors (Lipinski definition) is 4. The molecule has 0 fully saturated rings. The molecule has 0 radical (unpaired) electrons. The van der Waals surface area contributed by atoms with Crippen molar-refractivity contribution in [3.05, 3.63) is 90.4 Å². The molecule has 2 aromatic heterocycles. The minimum atomic E-state index is -3.27. The van der Waals surface area contributed by atoms with Gasteiger partial charge in [0.15, 0.2) is 0 Å². The van der Waals surface area contributed by atoms with Gasteiger partial charge in [0.2, 0.25) is 0 Å². The standard InChI is InChI=1S/C34H34N4O6.Fe/c1-15-21(7-9-31(41)42)27-14-28-22(8-10-32(43)44)16(2)24(36-28)12-29-34(20(6)40)18(4)26(38-29)13-30-33(19(5)39)17(3)25(37-30)11-23(15)35-27;/h11-14H,5,7-10H2,1-4,6H3,(H5,35,36,37,38,39,40,41,42,43,44);/q;+4/p-2. The van der Waals surface area contributed by atoms with Crippen molar-refractivity contribution >= 4 is 53.4 Å². The van der Waals surface area contributed by atoms with Gasteiger partial charge in [0.25, 0.3) is 0 Å². The van der Waals surface area contributed by atoms with E-state index < -0.39 is 25.7 Å². The number of carboxylic acid groups (broad SMARTS) is 2. The zero-order valence-electron chi connectivity index (χ0n) is 25.6. The number of carbonyl (C=O) groups is 3. The van der Waals surface area contributed by atoms with Crippen LogP contribution in [-0.2, 0) is 29.7 Å². The summed E-state index contributed by atoms with van der Waals surface area (Å²) in [6.07, 6.45) is 8.94. The molecule has 230 valence electrons. The second-order valence-corrected chi connectivity index (χ2v) is 15.5. The van der Waals surface area contributed by atoms with Crippen LogP contribution in [0, 0.1) is 13.8 Å². The van der Waals surface area contributed by atoms with Gasteiger partial charge in [-0.05, 0) is 0 Å². The van der Waals surface area contributed by atoms with Gasteiger partial charge in [0.1, 0.15) is 0 Å². The van der Waals surface area contributed by atoms with Crippen molar-refractivity contribution in [2.45, 2.75) is 60.3 Å². The van der Waals surface area contributed by atoms with Crippen LogP contribution >= 0.6 is 0 Å². The molecule has 0 saturated heterocycles. The zero-order valence-corrected chi connectivity index (χ0v) is 26.7. The predicted molar refractivity (Wildman–Crippen MR) is 164 cm³/mol. The first-order valence-corrected chi connectivity index (χ1v) is 16.8. The van der Waals surface area contributed by atoms with Gasteiger partial charge in [0, 0.05) is 0 Å². The Bertz CT molecular complexity index is 2320. The SMILES string of the molecule is C=C(O)C1=C(C)C2=[N+]3C1=Cc1c(C)c(C(C)=O)c4[n]1[Fe@]31[n]3c(c(C)c(CCC(=O)O)c3=CC3=[N+]1C(=C4)C(C)=C3CCC(=O)O)=C2. The molecule has 8 rings (SSSR count). The summed E-state index contributed by atoms with van der Waals surface area (Å²) < 4.78 is 9.38. The third kappa shape index (κ3) is 3.07. The summed E-state index contributed by atoms with van der Waals surface area (Å²) in [5, 5.41) is 32.3. The average Bonchev–Trinajstić information content (AvgIpc) is 3.61. The quantitative estimate of drug-likeness (QED) is 0.230. The molecule has 0 amide bonds.